The lowest BCUT2D eigenvalue weighted by Gasteiger charge is -2.21. The molecular weight excluding hydrogens is 385 g/mol. The Hall–Kier alpha value is -1.47. The molecule has 2 aromatic rings. The minimum atomic E-state index is -3.56. The summed E-state index contributed by atoms with van der Waals surface area (Å²) >= 11 is 11.8. The van der Waals surface area contributed by atoms with Gasteiger partial charge in [-0.2, -0.15) is 0 Å². The summed E-state index contributed by atoms with van der Waals surface area (Å²) in [5.41, 5.74) is 1.36. The van der Waals surface area contributed by atoms with Crippen LogP contribution < -0.4 is 14.2 Å². The monoisotopic (exact) mass is 401 g/mol. The van der Waals surface area contributed by atoms with Crippen molar-refractivity contribution in [2.24, 2.45) is 0 Å². The molecular formula is C17H17Cl2NO4S. The van der Waals surface area contributed by atoms with Crippen molar-refractivity contribution in [2.45, 2.75) is 18.7 Å². The van der Waals surface area contributed by atoms with Gasteiger partial charge in [-0.1, -0.05) is 35.3 Å². The fourth-order valence-electron chi connectivity index (χ4n) is 2.56. The maximum atomic E-state index is 12.4. The van der Waals surface area contributed by atoms with Gasteiger partial charge in [-0.15, -0.1) is 0 Å². The van der Waals surface area contributed by atoms with Crippen LogP contribution in [0.4, 0.5) is 0 Å². The van der Waals surface area contributed by atoms with Gasteiger partial charge in [0.2, 0.25) is 10.0 Å². The second-order valence-corrected chi connectivity index (χ2v) is 8.32. The molecule has 0 aliphatic carbocycles. The van der Waals surface area contributed by atoms with Crippen molar-refractivity contribution in [1.82, 2.24) is 4.72 Å². The Bertz CT molecular complexity index is 886. The second-order valence-electron chi connectivity index (χ2n) is 5.75. The number of fused-ring (bicyclic) bond motifs is 1. The molecule has 0 unspecified atom stereocenters. The van der Waals surface area contributed by atoms with Crippen LogP contribution in [0.15, 0.2) is 36.4 Å². The van der Waals surface area contributed by atoms with Gasteiger partial charge in [-0.05, 0) is 42.3 Å². The Morgan fingerprint density at radius 3 is 2.48 bits per heavy atom. The summed E-state index contributed by atoms with van der Waals surface area (Å²) in [5.74, 6) is 1.11. The Kier molecular flexibility index (Phi) is 5.43. The fourth-order valence-corrected chi connectivity index (χ4v) is 4.25. The van der Waals surface area contributed by atoms with Crippen molar-refractivity contribution in [3.8, 4) is 11.5 Å². The van der Waals surface area contributed by atoms with E-state index in [2.05, 4.69) is 4.72 Å². The molecule has 134 valence electrons. The van der Waals surface area contributed by atoms with Crippen LogP contribution in [0.1, 0.15) is 24.1 Å². The first-order valence-corrected chi connectivity index (χ1v) is 10.1. The van der Waals surface area contributed by atoms with E-state index >= 15 is 0 Å². The lowest BCUT2D eigenvalue weighted by molar-refractivity contribution is 0.171. The van der Waals surface area contributed by atoms with Crippen molar-refractivity contribution in [3.63, 3.8) is 0 Å². The maximum Gasteiger partial charge on any atom is 0.216 e. The van der Waals surface area contributed by atoms with E-state index in [-0.39, 0.29) is 5.75 Å². The minimum absolute atomic E-state index is 0.182. The number of hydrogen-bond acceptors (Lipinski definition) is 4. The highest BCUT2D eigenvalue weighted by atomic mass is 35.5. The molecule has 0 spiro atoms. The molecule has 0 fully saturated rings. The van der Waals surface area contributed by atoms with E-state index in [9.17, 15) is 8.42 Å². The first kappa shape index (κ1) is 18.3. The zero-order valence-electron chi connectivity index (χ0n) is 13.5. The lowest BCUT2D eigenvalue weighted by atomic mass is 10.1. The van der Waals surface area contributed by atoms with Crippen molar-refractivity contribution < 1.29 is 17.9 Å². The van der Waals surface area contributed by atoms with Gasteiger partial charge < -0.3 is 9.47 Å². The molecule has 1 heterocycles. The first-order valence-electron chi connectivity index (χ1n) is 7.67. The number of sulfonamides is 1. The predicted molar refractivity (Wildman–Crippen MR) is 98.1 cm³/mol. The molecule has 0 amide bonds. The van der Waals surface area contributed by atoms with Gasteiger partial charge in [0.1, 0.15) is 13.2 Å². The average molecular weight is 402 g/mol. The number of rotatable bonds is 5. The Balaban J connectivity index is 1.72. The van der Waals surface area contributed by atoms with E-state index in [1.165, 1.54) is 0 Å². The third-order valence-electron chi connectivity index (χ3n) is 3.76. The van der Waals surface area contributed by atoms with Crippen molar-refractivity contribution in [2.75, 3.05) is 13.2 Å². The van der Waals surface area contributed by atoms with Crippen LogP contribution in [-0.4, -0.2) is 21.6 Å². The minimum Gasteiger partial charge on any atom is -0.486 e. The van der Waals surface area contributed by atoms with Gasteiger partial charge in [0.15, 0.2) is 11.5 Å². The van der Waals surface area contributed by atoms with E-state index in [4.69, 9.17) is 32.7 Å². The summed E-state index contributed by atoms with van der Waals surface area (Å²) in [6.07, 6.45) is 0. The summed E-state index contributed by atoms with van der Waals surface area (Å²) in [6, 6.07) is 9.76. The van der Waals surface area contributed by atoms with Crippen LogP contribution in [0.5, 0.6) is 11.5 Å². The molecule has 0 aromatic heterocycles. The first-order chi connectivity index (χ1) is 11.8. The SMILES string of the molecule is C[C@@H](NS(=O)(=O)Cc1ccc(Cl)c(Cl)c1)c1ccc2c(c1)OCCO2. The molecule has 5 nitrogen and oxygen atoms in total. The number of ether oxygens (including phenoxy) is 2. The van der Waals surface area contributed by atoms with E-state index in [1.54, 1.807) is 37.3 Å². The molecule has 0 saturated heterocycles. The van der Waals surface area contributed by atoms with Crippen LogP contribution in [0.25, 0.3) is 0 Å². The molecule has 2 aromatic carbocycles. The summed E-state index contributed by atoms with van der Waals surface area (Å²) in [7, 11) is -3.56. The van der Waals surface area contributed by atoms with Gasteiger partial charge in [-0.25, -0.2) is 13.1 Å². The predicted octanol–water partition coefficient (Wildman–Crippen LogP) is 3.95. The molecule has 0 saturated carbocycles. The molecule has 0 radical (unpaired) electrons. The van der Waals surface area contributed by atoms with Gasteiger partial charge in [0.05, 0.1) is 15.8 Å². The topological polar surface area (TPSA) is 64.6 Å². The number of nitrogens with one attached hydrogen (secondary N) is 1. The van der Waals surface area contributed by atoms with Crippen molar-refractivity contribution in [3.05, 3.63) is 57.6 Å². The van der Waals surface area contributed by atoms with Gasteiger partial charge >= 0.3 is 0 Å². The van der Waals surface area contributed by atoms with Gasteiger partial charge in [0, 0.05) is 6.04 Å². The third-order valence-corrected chi connectivity index (χ3v) is 5.93. The highest BCUT2D eigenvalue weighted by Crippen LogP contribution is 2.32. The maximum absolute atomic E-state index is 12.4. The number of halogens is 2. The normalized spacial score (nSPS) is 15.0. The Morgan fingerprint density at radius 2 is 1.76 bits per heavy atom. The largest absolute Gasteiger partial charge is 0.486 e. The molecule has 3 rings (SSSR count). The van der Waals surface area contributed by atoms with Crippen molar-refractivity contribution in [1.29, 1.82) is 0 Å². The van der Waals surface area contributed by atoms with Crippen LogP contribution in [0, 0.1) is 0 Å². The van der Waals surface area contributed by atoms with Crippen LogP contribution in [-0.2, 0) is 15.8 Å². The van der Waals surface area contributed by atoms with Crippen LogP contribution in [0.3, 0.4) is 0 Å². The lowest BCUT2D eigenvalue weighted by Crippen LogP contribution is -2.28. The van der Waals surface area contributed by atoms with E-state index < -0.39 is 16.1 Å². The van der Waals surface area contributed by atoms with E-state index in [0.29, 0.717) is 40.3 Å². The Labute approximate surface area is 156 Å². The zero-order chi connectivity index (χ0) is 18.0. The second kappa shape index (κ2) is 7.41. The standard InChI is InChI=1S/C17H17Cl2NO4S/c1-11(13-3-5-16-17(9-13)24-7-6-23-16)20-25(21,22)10-12-2-4-14(18)15(19)8-12/h2-5,8-9,11,20H,6-7,10H2,1H3/t11-/m1/s1. The van der Waals surface area contributed by atoms with Gasteiger partial charge in [-0.3, -0.25) is 0 Å². The molecule has 0 bridgehead atoms. The highest BCUT2D eigenvalue weighted by molar-refractivity contribution is 7.88. The van der Waals surface area contributed by atoms with Gasteiger partial charge in [0.25, 0.3) is 0 Å². The fraction of sp³-hybridized carbons (Fsp3) is 0.294. The van der Waals surface area contributed by atoms with Crippen LogP contribution >= 0.6 is 23.2 Å². The molecule has 1 atom stereocenters. The molecule has 8 heteroatoms. The molecule has 1 N–H and O–H groups in total. The van der Waals surface area contributed by atoms with Crippen molar-refractivity contribution >= 4 is 33.2 Å². The Morgan fingerprint density at radius 1 is 1.04 bits per heavy atom. The number of hydrogen-bond donors (Lipinski definition) is 1. The molecule has 25 heavy (non-hydrogen) atoms. The third kappa shape index (κ3) is 4.58. The average Bonchev–Trinajstić information content (AvgIpc) is 2.57. The zero-order valence-corrected chi connectivity index (χ0v) is 15.8. The number of benzene rings is 2. The van der Waals surface area contributed by atoms with E-state index in [1.807, 2.05) is 6.07 Å². The molecule has 1 aliphatic heterocycles. The summed E-state index contributed by atoms with van der Waals surface area (Å²) in [5, 5.41) is 0.717. The summed E-state index contributed by atoms with van der Waals surface area (Å²) < 4.78 is 38.5. The van der Waals surface area contributed by atoms with E-state index in [0.717, 1.165) is 5.56 Å². The van der Waals surface area contributed by atoms with Crippen LogP contribution in [0.2, 0.25) is 10.0 Å². The smallest absolute Gasteiger partial charge is 0.216 e. The summed E-state index contributed by atoms with van der Waals surface area (Å²) in [4.78, 5) is 0. The molecule has 1 aliphatic rings. The summed E-state index contributed by atoms with van der Waals surface area (Å²) in [6.45, 7) is 2.77. The quantitative estimate of drug-likeness (QED) is 0.823. The highest BCUT2D eigenvalue weighted by Gasteiger charge is 2.19.